The molecule has 11 rings (SSSR count). The van der Waals surface area contributed by atoms with E-state index in [1.165, 1.54) is 72.6 Å². The van der Waals surface area contributed by atoms with Crippen LogP contribution < -0.4 is 9.80 Å². The summed E-state index contributed by atoms with van der Waals surface area (Å²) in [4.78, 5) is 5.02. The first-order valence-electron chi connectivity index (χ1n) is 22.3. The largest absolute Gasteiger partial charge is 0.338 e. The quantitative estimate of drug-likeness (QED) is 0.151. The van der Waals surface area contributed by atoms with Crippen molar-refractivity contribution in [3.63, 3.8) is 0 Å². The summed E-state index contributed by atoms with van der Waals surface area (Å²) in [5, 5.41) is 0. The fourth-order valence-electron chi connectivity index (χ4n) is 11.0. The van der Waals surface area contributed by atoms with Crippen LogP contribution in [0, 0.1) is 5.92 Å². The van der Waals surface area contributed by atoms with Crippen molar-refractivity contribution in [3.8, 4) is 33.4 Å². The Hall–Kier alpha value is -6.90. The first-order chi connectivity index (χ1) is 30.3. The number of para-hydroxylation sites is 1. The van der Waals surface area contributed by atoms with Gasteiger partial charge in [-0.2, -0.15) is 0 Å². The van der Waals surface area contributed by atoms with Crippen molar-refractivity contribution in [3.05, 3.63) is 234 Å². The number of anilines is 4. The molecular formula is C60H52N2. The zero-order valence-electron chi connectivity index (χ0n) is 36.1. The molecule has 4 aliphatic carbocycles. The lowest BCUT2D eigenvalue weighted by atomic mass is 9.73. The summed E-state index contributed by atoms with van der Waals surface area (Å²) in [6.45, 7) is 9.59. The second-order valence-electron chi connectivity index (χ2n) is 18.5. The van der Waals surface area contributed by atoms with Gasteiger partial charge < -0.3 is 9.80 Å². The molecule has 0 N–H and O–H groups in total. The second-order valence-corrected chi connectivity index (χ2v) is 18.5. The van der Waals surface area contributed by atoms with Crippen molar-refractivity contribution in [2.24, 2.45) is 5.92 Å². The lowest BCUT2D eigenvalue weighted by Crippen LogP contribution is -2.36. The van der Waals surface area contributed by atoms with E-state index in [0.29, 0.717) is 5.92 Å². The Balaban J connectivity index is 0.987. The topological polar surface area (TPSA) is 6.48 Å². The number of hydrogen-bond donors (Lipinski definition) is 0. The fraction of sp³-hybridized carbons (Fsp3) is 0.167. The van der Waals surface area contributed by atoms with Crippen LogP contribution in [0.5, 0.6) is 0 Å². The monoisotopic (exact) mass is 800 g/mol. The van der Waals surface area contributed by atoms with E-state index in [9.17, 15) is 0 Å². The molecular weight excluding hydrogens is 749 g/mol. The molecule has 7 aromatic carbocycles. The number of allylic oxidation sites excluding steroid dienone is 6. The average Bonchev–Trinajstić information content (AvgIpc) is 3.69. The zero-order chi connectivity index (χ0) is 42.0. The van der Waals surface area contributed by atoms with Gasteiger partial charge in [-0.1, -0.05) is 179 Å². The molecule has 0 heterocycles. The minimum Gasteiger partial charge on any atom is -0.338 e. The van der Waals surface area contributed by atoms with Crippen molar-refractivity contribution in [2.75, 3.05) is 9.80 Å². The highest BCUT2D eigenvalue weighted by atomic mass is 15.2. The molecule has 4 aliphatic rings. The molecule has 0 saturated carbocycles. The number of hydrogen-bond acceptors (Lipinski definition) is 2. The molecule has 0 fully saturated rings. The Kier molecular flexibility index (Phi) is 9.16. The number of nitrogens with zero attached hydrogens (tertiary/aromatic N) is 2. The van der Waals surface area contributed by atoms with Crippen LogP contribution in [-0.2, 0) is 10.8 Å². The molecule has 0 spiro atoms. The average molecular weight is 801 g/mol. The Morgan fingerprint density at radius 1 is 0.468 bits per heavy atom. The van der Waals surface area contributed by atoms with Crippen LogP contribution in [0.1, 0.15) is 62.8 Å². The summed E-state index contributed by atoms with van der Waals surface area (Å²) in [5.41, 5.74) is 20.6. The second kappa shape index (κ2) is 14.9. The summed E-state index contributed by atoms with van der Waals surface area (Å²) >= 11 is 0. The predicted molar refractivity (Wildman–Crippen MR) is 262 cm³/mol. The van der Waals surface area contributed by atoms with E-state index in [2.05, 4.69) is 244 Å². The molecule has 0 saturated heterocycles. The third-order valence-corrected chi connectivity index (χ3v) is 14.3. The summed E-state index contributed by atoms with van der Waals surface area (Å²) in [5.74, 6) is 0.437. The van der Waals surface area contributed by atoms with Crippen molar-refractivity contribution >= 4 is 28.3 Å². The van der Waals surface area contributed by atoms with Crippen LogP contribution in [0.15, 0.2) is 212 Å². The van der Waals surface area contributed by atoms with Crippen LogP contribution in [0.2, 0.25) is 0 Å². The summed E-state index contributed by atoms with van der Waals surface area (Å²) < 4.78 is 0. The zero-order valence-corrected chi connectivity index (χ0v) is 36.1. The summed E-state index contributed by atoms with van der Waals surface area (Å²) in [7, 11) is 0. The van der Waals surface area contributed by atoms with E-state index in [0.717, 1.165) is 29.9 Å². The van der Waals surface area contributed by atoms with Gasteiger partial charge >= 0.3 is 0 Å². The van der Waals surface area contributed by atoms with E-state index < -0.39 is 0 Å². The molecule has 0 radical (unpaired) electrons. The Morgan fingerprint density at radius 3 is 1.82 bits per heavy atom. The lowest BCUT2D eigenvalue weighted by molar-refractivity contribution is 0.403. The highest BCUT2D eigenvalue weighted by molar-refractivity contribution is 5.91. The van der Waals surface area contributed by atoms with E-state index in [-0.39, 0.29) is 16.9 Å². The molecule has 0 aliphatic heterocycles. The van der Waals surface area contributed by atoms with E-state index in [4.69, 9.17) is 0 Å². The highest BCUT2D eigenvalue weighted by Crippen LogP contribution is 2.55. The van der Waals surface area contributed by atoms with Gasteiger partial charge in [-0.05, 0) is 140 Å². The van der Waals surface area contributed by atoms with Crippen LogP contribution in [0.4, 0.5) is 22.7 Å². The maximum atomic E-state index is 2.60. The highest BCUT2D eigenvalue weighted by Gasteiger charge is 2.44. The number of fused-ring (bicyclic) bond motifs is 6. The lowest BCUT2D eigenvalue weighted by Gasteiger charge is -2.39. The molecule has 0 amide bonds. The third kappa shape index (κ3) is 6.23. The molecule has 0 aromatic heterocycles. The van der Waals surface area contributed by atoms with Crippen LogP contribution in [0.25, 0.3) is 39.0 Å². The van der Waals surface area contributed by atoms with Gasteiger partial charge in [-0.3, -0.25) is 0 Å². The minimum absolute atomic E-state index is 0.0683. The van der Waals surface area contributed by atoms with Crippen LogP contribution in [0.3, 0.4) is 0 Å². The van der Waals surface area contributed by atoms with E-state index in [1.54, 1.807) is 0 Å². The smallest absolute Gasteiger partial charge is 0.0556 e. The van der Waals surface area contributed by atoms with Gasteiger partial charge in [0.2, 0.25) is 0 Å². The van der Waals surface area contributed by atoms with Gasteiger partial charge in [-0.25, -0.2) is 0 Å². The van der Waals surface area contributed by atoms with Crippen molar-refractivity contribution in [2.45, 2.75) is 57.4 Å². The van der Waals surface area contributed by atoms with Crippen LogP contribution in [-0.4, -0.2) is 6.04 Å². The minimum atomic E-state index is -0.0960. The van der Waals surface area contributed by atoms with Gasteiger partial charge in [-0.15, -0.1) is 0 Å². The number of rotatable bonds is 8. The maximum absolute atomic E-state index is 2.60. The summed E-state index contributed by atoms with van der Waals surface area (Å²) in [6.07, 6.45) is 15.9. The van der Waals surface area contributed by atoms with Gasteiger partial charge in [0.1, 0.15) is 0 Å². The van der Waals surface area contributed by atoms with Gasteiger partial charge in [0.05, 0.1) is 6.04 Å². The Morgan fingerprint density at radius 2 is 1.08 bits per heavy atom. The molecule has 2 atom stereocenters. The third-order valence-electron chi connectivity index (χ3n) is 14.3. The van der Waals surface area contributed by atoms with Gasteiger partial charge in [0.25, 0.3) is 0 Å². The molecule has 62 heavy (non-hydrogen) atoms. The standard InChI is InChI=1S/C60H52N2/c1-59(2)55-26-16-14-24-50(55)52-36-33-47(39-57(52)59)61(43-20-10-6-11-21-43)45-30-28-42(29-31-45)49-35-32-46(38-54(49)41-18-8-5-9-19-41)62(44-22-12-7-13-23-44)48-34-37-53-51-25-15-17-27-56(51)60(3,4)58(53)40-48/h5-20,22-38,40,43,57H,21,39H2,1-4H3. The Labute approximate surface area is 367 Å². The van der Waals surface area contributed by atoms with Crippen molar-refractivity contribution in [1.82, 2.24) is 0 Å². The molecule has 2 unspecified atom stereocenters. The molecule has 2 heteroatoms. The first-order valence-corrected chi connectivity index (χ1v) is 22.3. The van der Waals surface area contributed by atoms with E-state index in [1.807, 2.05) is 0 Å². The Bertz CT molecular complexity index is 2960. The predicted octanol–water partition coefficient (Wildman–Crippen LogP) is 15.8. The SMILES string of the molecule is CC1(C)c2ccccc2-c2ccc(N(c3ccccc3)c3ccc(-c4ccc(N(C5=CC=C6c7ccccc7C(C)(C)C6C5)C5C=CC=CC5)cc4)c(-c4ccccc4)c3)cc21. The van der Waals surface area contributed by atoms with Gasteiger partial charge in [0.15, 0.2) is 0 Å². The van der Waals surface area contributed by atoms with E-state index >= 15 is 0 Å². The molecule has 302 valence electrons. The number of benzene rings is 7. The van der Waals surface area contributed by atoms with Crippen molar-refractivity contribution in [1.29, 1.82) is 0 Å². The molecule has 2 nitrogen and oxygen atoms in total. The first kappa shape index (κ1) is 38.1. The van der Waals surface area contributed by atoms with Crippen LogP contribution >= 0.6 is 0 Å². The van der Waals surface area contributed by atoms with Gasteiger partial charge in [0, 0.05) is 33.9 Å². The normalized spacial score (nSPS) is 18.5. The van der Waals surface area contributed by atoms with Crippen molar-refractivity contribution < 1.29 is 0 Å². The summed E-state index contributed by atoms with van der Waals surface area (Å²) in [6, 6.07) is 63.3. The molecule has 0 bridgehead atoms. The molecule has 7 aromatic rings. The maximum Gasteiger partial charge on any atom is 0.0556 e. The fourth-order valence-corrected chi connectivity index (χ4v) is 11.0.